The van der Waals surface area contributed by atoms with E-state index >= 15 is 0 Å². The number of halogens is 26. The number of methoxy groups -OCH3 is 1. The smallest absolute Gasteiger partial charge is 0.460 e. The Kier molecular flexibility index (Phi) is 9.61. The van der Waals surface area contributed by atoms with E-state index in [4.69, 9.17) is 0 Å². The molecule has 0 aliphatic rings. The molecule has 0 aliphatic heterocycles. The number of benzene rings is 1. The fraction of sp³-hybridized carbons (Fsp3) is 0.684. The van der Waals surface area contributed by atoms with Crippen molar-refractivity contribution < 1.29 is 124 Å². The van der Waals surface area contributed by atoms with Crippen LogP contribution in [0.1, 0.15) is 11.1 Å². The Balaban J connectivity index is 4.16. The highest BCUT2D eigenvalue weighted by atomic mass is 19.4. The third kappa shape index (κ3) is 5.28. The maximum atomic E-state index is 14.6. The van der Waals surface area contributed by atoms with Crippen LogP contribution in [-0.2, 0) is 11.8 Å². The minimum atomic E-state index is -8.76. The SMILES string of the molecule is COc1cc(C(F)(F)C(F)(F)C(F)(F)C(F)(F)C(F)(F)C(F)(F)F)cc(C(F)(F)C(F)(F)C(F)(F)C(F)(F)C(F)(F)C(F)(F)F)c1O. The van der Waals surface area contributed by atoms with Crippen molar-refractivity contribution in [1.82, 2.24) is 0 Å². The van der Waals surface area contributed by atoms with Crippen molar-refractivity contribution in [2.75, 3.05) is 7.11 Å². The summed E-state index contributed by atoms with van der Waals surface area (Å²) in [7, 11) is -0.158. The Morgan fingerprint density at radius 3 is 0.957 bits per heavy atom. The third-order valence-corrected chi connectivity index (χ3v) is 5.86. The summed E-state index contributed by atoms with van der Waals surface area (Å²) < 4.78 is 353. The van der Waals surface area contributed by atoms with Crippen molar-refractivity contribution in [3.63, 3.8) is 0 Å². The van der Waals surface area contributed by atoms with Crippen LogP contribution in [0.25, 0.3) is 0 Å². The van der Waals surface area contributed by atoms with Gasteiger partial charge in [0.1, 0.15) is 0 Å². The van der Waals surface area contributed by atoms with Crippen molar-refractivity contribution in [1.29, 1.82) is 0 Å². The Labute approximate surface area is 238 Å². The molecule has 0 unspecified atom stereocenters. The molecule has 0 aliphatic carbocycles. The van der Waals surface area contributed by atoms with Crippen LogP contribution in [0.15, 0.2) is 12.1 Å². The van der Waals surface area contributed by atoms with Crippen molar-refractivity contribution in [3.05, 3.63) is 23.3 Å². The molecule has 28 heteroatoms. The van der Waals surface area contributed by atoms with Gasteiger partial charge in [-0.15, -0.1) is 0 Å². The van der Waals surface area contributed by atoms with Gasteiger partial charge < -0.3 is 9.84 Å². The maximum absolute atomic E-state index is 14.6. The van der Waals surface area contributed by atoms with Crippen LogP contribution in [0.5, 0.6) is 11.5 Å². The summed E-state index contributed by atoms with van der Waals surface area (Å²) >= 11 is 0. The van der Waals surface area contributed by atoms with E-state index < -0.39 is 106 Å². The number of hydrogen-bond donors (Lipinski definition) is 1. The van der Waals surface area contributed by atoms with E-state index in [-0.39, 0.29) is 7.11 Å². The summed E-state index contributed by atoms with van der Waals surface area (Å²) in [6.07, 6.45) is -15.9. The first-order chi connectivity index (χ1) is 20.1. The maximum Gasteiger partial charge on any atom is 0.460 e. The molecule has 1 N–H and O–H groups in total. The first-order valence-electron chi connectivity index (χ1n) is 10.4. The van der Waals surface area contributed by atoms with Gasteiger partial charge in [0.05, 0.1) is 12.7 Å². The predicted molar refractivity (Wildman–Crippen MR) is 94.1 cm³/mol. The highest BCUT2D eigenvalue weighted by Crippen LogP contribution is 2.65. The molecule has 0 aromatic heterocycles. The second kappa shape index (κ2) is 10.8. The van der Waals surface area contributed by atoms with Gasteiger partial charge in [-0.1, -0.05) is 0 Å². The highest BCUT2D eigenvalue weighted by molar-refractivity contribution is 5.53. The van der Waals surface area contributed by atoms with E-state index in [0.717, 1.165) is 0 Å². The number of alkyl halides is 26. The fourth-order valence-corrected chi connectivity index (χ4v) is 3.07. The summed E-state index contributed by atoms with van der Waals surface area (Å²) in [6.45, 7) is 0. The molecule has 0 amide bonds. The lowest BCUT2D eigenvalue weighted by atomic mass is 9.86. The lowest BCUT2D eigenvalue weighted by Crippen LogP contribution is -2.69. The zero-order valence-corrected chi connectivity index (χ0v) is 20.8. The largest absolute Gasteiger partial charge is 0.504 e. The van der Waals surface area contributed by atoms with Crippen LogP contribution >= 0.6 is 0 Å². The predicted octanol–water partition coefficient (Wildman–Crippen LogP) is 9.79. The summed E-state index contributed by atoms with van der Waals surface area (Å²) in [5.74, 6) is -89.8. The number of hydrogen-bond acceptors (Lipinski definition) is 2. The normalized spacial score (nSPS) is 16.1. The highest BCUT2D eigenvalue weighted by Gasteiger charge is 2.92. The molecular weight excluding hydrogens is 754 g/mol. The molecule has 0 saturated carbocycles. The molecule has 47 heavy (non-hydrogen) atoms. The van der Waals surface area contributed by atoms with Gasteiger partial charge in [0.15, 0.2) is 11.5 Å². The second-order valence-corrected chi connectivity index (χ2v) is 8.81. The average molecular weight is 760 g/mol. The van der Waals surface area contributed by atoms with E-state index in [1.807, 2.05) is 0 Å². The molecule has 0 fully saturated rings. The van der Waals surface area contributed by atoms with E-state index in [9.17, 15) is 119 Å². The van der Waals surface area contributed by atoms with Crippen LogP contribution in [0, 0.1) is 0 Å². The van der Waals surface area contributed by atoms with Gasteiger partial charge in [-0.3, -0.25) is 0 Å². The summed E-state index contributed by atoms with van der Waals surface area (Å²) in [5.41, 5.74) is -7.82. The second-order valence-electron chi connectivity index (χ2n) is 8.81. The Hall–Kier alpha value is -3.00. The number of phenolic OH excluding ortho intramolecular Hbond substituents is 1. The molecular formula is C19H6F26O2. The monoisotopic (exact) mass is 760 g/mol. The molecule has 1 aromatic carbocycles. The fourth-order valence-electron chi connectivity index (χ4n) is 3.07. The lowest BCUT2D eigenvalue weighted by Gasteiger charge is -2.41. The molecule has 0 spiro atoms. The van der Waals surface area contributed by atoms with E-state index in [2.05, 4.69) is 4.74 Å². The summed E-state index contributed by atoms with van der Waals surface area (Å²) in [5, 5.41) is 9.50. The molecule has 1 aromatic rings. The van der Waals surface area contributed by atoms with Gasteiger partial charge in [-0.2, -0.15) is 114 Å². The van der Waals surface area contributed by atoms with E-state index in [1.54, 1.807) is 0 Å². The Bertz CT molecular complexity index is 1320. The van der Waals surface area contributed by atoms with Crippen molar-refractivity contribution in [2.24, 2.45) is 0 Å². The van der Waals surface area contributed by atoms with Gasteiger partial charge in [-0.25, -0.2) is 0 Å². The zero-order valence-electron chi connectivity index (χ0n) is 20.8. The summed E-state index contributed by atoms with van der Waals surface area (Å²) in [4.78, 5) is 0. The average Bonchev–Trinajstić information content (AvgIpc) is 2.86. The Morgan fingerprint density at radius 2 is 0.681 bits per heavy atom. The number of rotatable bonds is 11. The number of ether oxygens (including phenoxy) is 1. The molecule has 1 rings (SSSR count). The first kappa shape index (κ1) is 42.0. The molecule has 0 heterocycles. The van der Waals surface area contributed by atoms with Gasteiger partial charge in [0.25, 0.3) is 0 Å². The van der Waals surface area contributed by atoms with Gasteiger partial charge >= 0.3 is 71.6 Å². The molecule has 0 radical (unpaired) electrons. The van der Waals surface area contributed by atoms with Crippen molar-refractivity contribution >= 4 is 0 Å². The standard InChI is InChI=1S/C19H6F26O2/c1-47-6-3-4(8(20,21)10(24,25)12(28,29)14(32,33)16(36,37)18(40,41)42)2-5(7(6)46)9(22,23)11(26,27)13(30,31)15(34,35)17(38,39)19(43,44)45/h2-3,46H,1H3. The van der Waals surface area contributed by atoms with Crippen LogP contribution < -0.4 is 4.74 Å². The first-order valence-corrected chi connectivity index (χ1v) is 10.4. The zero-order chi connectivity index (χ0) is 38.4. The topological polar surface area (TPSA) is 29.5 Å². The molecule has 0 bridgehead atoms. The van der Waals surface area contributed by atoms with Crippen LogP contribution in [-0.4, -0.2) is 71.9 Å². The molecule has 0 atom stereocenters. The van der Waals surface area contributed by atoms with E-state index in [0.29, 0.717) is 0 Å². The van der Waals surface area contributed by atoms with Crippen molar-refractivity contribution in [2.45, 2.75) is 71.6 Å². The molecule has 276 valence electrons. The van der Waals surface area contributed by atoms with Crippen LogP contribution in [0.2, 0.25) is 0 Å². The van der Waals surface area contributed by atoms with Gasteiger partial charge in [-0.05, 0) is 12.1 Å². The quantitative estimate of drug-likeness (QED) is 0.228. The summed E-state index contributed by atoms with van der Waals surface area (Å²) in [6, 6.07) is -3.40. The minimum Gasteiger partial charge on any atom is -0.504 e. The Morgan fingerprint density at radius 1 is 0.404 bits per heavy atom. The van der Waals surface area contributed by atoms with Gasteiger partial charge in [0, 0.05) is 5.56 Å². The van der Waals surface area contributed by atoms with E-state index in [1.165, 1.54) is 0 Å². The number of phenols is 1. The van der Waals surface area contributed by atoms with Crippen molar-refractivity contribution in [3.8, 4) is 11.5 Å². The minimum absolute atomic E-state index is 0.158. The van der Waals surface area contributed by atoms with Gasteiger partial charge in [0.2, 0.25) is 0 Å². The number of aromatic hydroxyl groups is 1. The van der Waals surface area contributed by atoms with Crippen LogP contribution in [0.4, 0.5) is 114 Å². The van der Waals surface area contributed by atoms with Crippen LogP contribution in [0.3, 0.4) is 0 Å². The third-order valence-electron chi connectivity index (χ3n) is 5.86. The lowest BCUT2D eigenvalue weighted by molar-refractivity contribution is -0.442. The molecule has 2 nitrogen and oxygen atoms in total. The molecule has 0 saturated heterocycles.